The molecule has 328 valence electrons. The first-order valence-electron chi connectivity index (χ1n) is 18.6. The number of aryl methyl sites for hydroxylation is 4. The van der Waals surface area contributed by atoms with Crippen molar-refractivity contribution in [3.05, 3.63) is 162 Å². The number of phenolic OH excluding ortho intramolecular Hbond substituents is 4. The zero-order valence-corrected chi connectivity index (χ0v) is 39.5. The maximum Gasteiger partial charge on any atom is 0.373 e. The predicted octanol–water partition coefficient (Wildman–Crippen LogP) is 6.57. The van der Waals surface area contributed by atoms with Crippen LogP contribution in [0, 0.1) is 66.2 Å². The van der Waals surface area contributed by atoms with Crippen molar-refractivity contribution in [3.63, 3.8) is 0 Å². The molecule has 0 fully saturated rings. The molecule has 6 aromatic rings. The number of phenols is 4. The molecule has 62 heavy (non-hydrogen) atoms. The minimum absolute atomic E-state index is 0. The van der Waals surface area contributed by atoms with Crippen LogP contribution < -0.4 is 11.1 Å². The van der Waals surface area contributed by atoms with Crippen LogP contribution in [-0.4, -0.2) is 71.9 Å². The smallest absolute Gasteiger partial charge is 0.373 e. The molecule has 0 radical (unpaired) electrons. The molecule has 0 bridgehead atoms. The fourth-order valence-electron chi connectivity index (χ4n) is 5.75. The van der Waals surface area contributed by atoms with Gasteiger partial charge in [-0.15, -0.1) is 12.4 Å². The Morgan fingerprint density at radius 3 is 1.35 bits per heavy atom. The molecule has 0 saturated heterocycles. The van der Waals surface area contributed by atoms with Gasteiger partial charge in [0.15, 0.2) is 23.0 Å². The number of halogens is 1. The number of aromatic nitrogens is 2. The summed E-state index contributed by atoms with van der Waals surface area (Å²) in [7, 11) is 2.50. The van der Waals surface area contributed by atoms with E-state index in [2.05, 4.69) is 29.4 Å². The number of carbonyl (C=O) groups is 2. The summed E-state index contributed by atoms with van der Waals surface area (Å²) in [5, 5.41) is 48.6. The minimum atomic E-state index is -0.899. The topological polar surface area (TPSA) is 251 Å². The monoisotopic (exact) mass is 1100 g/mol. The Morgan fingerprint density at radius 1 is 0.613 bits per heavy atom. The summed E-state index contributed by atoms with van der Waals surface area (Å²) in [6, 6.07) is 32.0. The summed E-state index contributed by atoms with van der Waals surface area (Å²) in [4.78, 5) is 55.8. The van der Waals surface area contributed by atoms with E-state index in [0.717, 1.165) is 45.3 Å². The van der Waals surface area contributed by atoms with E-state index in [1.807, 2.05) is 68.7 Å². The van der Waals surface area contributed by atoms with Gasteiger partial charge < -0.3 is 53.1 Å². The zero-order chi connectivity index (χ0) is 46.1. The van der Waals surface area contributed by atoms with Crippen LogP contribution in [0.1, 0.15) is 56.0 Å². The number of benzene rings is 4. The number of rotatable bonds is 9. The van der Waals surface area contributed by atoms with Gasteiger partial charge in [-0.3, -0.25) is 4.79 Å². The number of nitrogens with two attached hydrogens (primary N) is 1. The van der Waals surface area contributed by atoms with Gasteiger partial charge in [-0.05, 0) is 143 Å². The number of carbonyl (C=O) groups excluding carboxylic acids is 5. The largest absolute Gasteiger partial charge is 0.504 e. The van der Waals surface area contributed by atoms with Crippen molar-refractivity contribution < 1.29 is 86.8 Å². The summed E-state index contributed by atoms with van der Waals surface area (Å²) in [5.41, 5.74) is 14.3. The van der Waals surface area contributed by atoms with Gasteiger partial charge in [-0.25, -0.2) is 6.17 Å². The van der Waals surface area contributed by atoms with Crippen molar-refractivity contribution in [2.75, 3.05) is 13.1 Å². The summed E-state index contributed by atoms with van der Waals surface area (Å²) in [6.45, 7) is 9.06. The summed E-state index contributed by atoms with van der Waals surface area (Å²) < 4.78 is 9.64. The molecule has 8 N–H and O–H groups in total. The van der Waals surface area contributed by atoms with Gasteiger partial charge in [0.2, 0.25) is 0 Å². The number of aromatic hydroxyl groups is 4. The Bertz CT molecular complexity index is 2360. The third-order valence-corrected chi connectivity index (χ3v) is 8.47. The van der Waals surface area contributed by atoms with E-state index in [-0.39, 0.29) is 84.7 Å². The second kappa shape index (κ2) is 29.8. The molecule has 0 aliphatic rings. The van der Waals surface area contributed by atoms with Gasteiger partial charge in [0.05, 0.1) is 5.56 Å². The van der Waals surface area contributed by atoms with Crippen molar-refractivity contribution >= 4 is 36.6 Å². The fourth-order valence-corrected chi connectivity index (χ4v) is 5.75. The molecule has 6 rings (SSSR count). The van der Waals surface area contributed by atoms with Crippen LogP contribution >= 0.6 is 12.4 Å². The maximum absolute atomic E-state index is 12.4. The molecule has 15 nitrogen and oxygen atoms in total. The molecule has 0 aliphatic heterocycles. The number of carboxylic acids is 1. The van der Waals surface area contributed by atoms with Crippen LogP contribution in [-0.2, 0) is 32.0 Å². The number of nitrogens with zero attached hydrogens (tertiary/aromatic N) is 2. The first-order chi connectivity index (χ1) is 29.1. The molecular weight excluding hydrogens is 1050 g/mol. The third-order valence-electron chi connectivity index (χ3n) is 8.47. The first-order valence-corrected chi connectivity index (χ1v) is 17.8. The number of hydrogen-bond donors (Lipinski definition) is 7. The van der Waals surface area contributed by atoms with E-state index < -0.39 is 5.97 Å². The predicted molar refractivity (Wildman–Crippen MR) is 229 cm³/mol. The quantitative estimate of drug-likeness (QED) is 0.0600. The van der Waals surface area contributed by atoms with Crippen LogP contribution in [0.5, 0.6) is 23.0 Å². The van der Waals surface area contributed by atoms with Crippen LogP contribution in [0.25, 0.3) is 11.4 Å². The van der Waals surface area contributed by atoms with Gasteiger partial charge in [0.25, 0.3) is 5.91 Å². The second-order valence-electron chi connectivity index (χ2n) is 12.7. The molecule has 2 aromatic heterocycles. The fraction of sp³-hybridized carbons (Fsp3) is 0.178. The molecule has 0 atom stereocenters. The molecule has 0 spiro atoms. The second-order valence-corrected chi connectivity index (χ2v) is 12.7. The normalized spacial score (nSPS) is 9.29. The molecular formula is C45H50ClN4O11U-. The SMILES string of the molecule is Cc1ccc(C)n1-c1cccc(C(=O)NCCc2ccc(O)c(O)c2)c1.Cc1ccc(C)n1-c1cccc(C(=O)O)c1.Cl.NCCc1ccc(O)c(O)c1.O=C=O.O=C=O.[3H][CH2-].[U]. The average molecular weight is 1100 g/mol. The third kappa shape index (κ3) is 18.1. The number of aromatic carboxylic acids is 1. The van der Waals surface area contributed by atoms with Crippen LogP contribution in [0.4, 0.5) is 0 Å². The standard InChI is InChI=1S/C21H22N2O3.C13H13NO2.C8H11NO2.2CO2.CH3.ClH.U/c1-14-6-7-15(2)23(14)18-5-3-4-17(13-18)21(26)22-11-10-16-8-9-19(24)20(25)12-16;1-9-6-7-10(2)14(9)12-5-3-4-11(8-12)13(15)16;9-4-3-6-1-2-7(10)8(11)5-6;2*2-1-3;;;/h3-9,12-13,24-25H,10-11H2,1-2H3,(H,22,26);3-8H,1-2H3,(H,15,16);1-2,5,10-11H,3-4,9H2;;;1H3;1H;/q;;;;;-1;;/i;;;;;1T;;. The summed E-state index contributed by atoms with van der Waals surface area (Å²) in [5.74, 6) is -1.52. The van der Waals surface area contributed by atoms with E-state index in [0.29, 0.717) is 37.1 Å². The zero-order valence-electron chi connectivity index (χ0n) is 35.5. The van der Waals surface area contributed by atoms with Crippen molar-refractivity contribution in [2.24, 2.45) is 5.73 Å². The number of amides is 1. The molecule has 1 amide bonds. The van der Waals surface area contributed by atoms with Crippen molar-refractivity contribution in [1.82, 2.24) is 14.5 Å². The Morgan fingerprint density at radius 2 is 0.984 bits per heavy atom. The van der Waals surface area contributed by atoms with Crippen LogP contribution in [0.3, 0.4) is 0 Å². The molecule has 2 heterocycles. The van der Waals surface area contributed by atoms with E-state index in [1.165, 1.54) is 24.3 Å². The van der Waals surface area contributed by atoms with Gasteiger partial charge in [0, 0.05) is 77.4 Å². The van der Waals surface area contributed by atoms with Gasteiger partial charge >= 0.3 is 18.3 Å². The Kier molecular flexibility index (Phi) is 26.7. The molecule has 0 unspecified atom stereocenters. The van der Waals surface area contributed by atoms with Crippen LogP contribution in [0.15, 0.2) is 109 Å². The van der Waals surface area contributed by atoms with Crippen molar-refractivity contribution in [2.45, 2.75) is 40.5 Å². The van der Waals surface area contributed by atoms with Gasteiger partial charge in [0.1, 0.15) is 0 Å². The van der Waals surface area contributed by atoms with E-state index in [9.17, 15) is 19.8 Å². The Labute approximate surface area is 391 Å². The van der Waals surface area contributed by atoms with E-state index in [1.54, 1.807) is 36.4 Å². The average Bonchev–Trinajstić information content (AvgIpc) is 3.77. The number of carboxylic acid groups (broad SMARTS) is 1. The van der Waals surface area contributed by atoms with E-state index >= 15 is 0 Å². The number of nitrogens with one attached hydrogen (secondary N) is 1. The van der Waals surface area contributed by atoms with Crippen molar-refractivity contribution in [3.8, 4) is 34.4 Å². The maximum atomic E-state index is 12.4. The molecule has 0 saturated carbocycles. The molecule has 4 aromatic carbocycles. The first kappa shape index (κ1) is 55.6. The van der Waals surface area contributed by atoms with Gasteiger partial charge in [-0.1, -0.05) is 24.3 Å². The van der Waals surface area contributed by atoms with E-state index in [4.69, 9.17) is 41.6 Å². The van der Waals surface area contributed by atoms with Crippen LogP contribution in [0.2, 0.25) is 0 Å². The van der Waals surface area contributed by atoms with Gasteiger partial charge in [-0.2, -0.15) is 19.2 Å². The summed E-state index contributed by atoms with van der Waals surface area (Å²) >= 11 is 0. The molecule has 0 aliphatic carbocycles. The van der Waals surface area contributed by atoms with Crippen molar-refractivity contribution in [1.29, 1.82) is 0 Å². The Balaban J connectivity index is 0. The minimum Gasteiger partial charge on any atom is -0.504 e. The Hall–Kier alpha value is -6.36. The number of hydrogen-bond acceptors (Lipinski definition) is 11. The molecule has 17 heteroatoms. The summed E-state index contributed by atoms with van der Waals surface area (Å²) in [6.07, 6.45) is 1.78.